The van der Waals surface area contributed by atoms with Crippen LogP contribution in [0.3, 0.4) is 0 Å². The molecule has 7 heteroatoms. The molecule has 0 saturated heterocycles. The maximum atomic E-state index is 13.2. The van der Waals surface area contributed by atoms with E-state index in [0.29, 0.717) is 17.0 Å². The van der Waals surface area contributed by atoms with Crippen molar-refractivity contribution in [2.45, 2.75) is 6.92 Å². The number of halogens is 1. The van der Waals surface area contributed by atoms with Gasteiger partial charge in [0, 0.05) is 23.5 Å². The van der Waals surface area contributed by atoms with Gasteiger partial charge in [0.05, 0.1) is 12.8 Å². The molecule has 4 rings (SSSR count). The van der Waals surface area contributed by atoms with Crippen LogP contribution in [-0.4, -0.2) is 27.6 Å². The number of rotatable bonds is 4. The van der Waals surface area contributed by atoms with Crippen molar-refractivity contribution < 1.29 is 13.9 Å². The van der Waals surface area contributed by atoms with Crippen LogP contribution in [0.1, 0.15) is 16.1 Å². The highest BCUT2D eigenvalue weighted by molar-refractivity contribution is 6.04. The van der Waals surface area contributed by atoms with Gasteiger partial charge in [-0.25, -0.2) is 13.9 Å². The minimum Gasteiger partial charge on any atom is -0.497 e. The zero-order chi connectivity index (χ0) is 19.7. The first kappa shape index (κ1) is 17.7. The van der Waals surface area contributed by atoms with Gasteiger partial charge in [0.1, 0.15) is 11.6 Å². The van der Waals surface area contributed by atoms with E-state index in [1.165, 1.54) is 12.1 Å². The number of ether oxygens (including phenoxy) is 1. The van der Waals surface area contributed by atoms with E-state index in [9.17, 15) is 9.18 Å². The molecule has 0 spiro atoms. The van der Waals surface area contributed by atoms with E-state index in [4.69, 9.17) is 4.74 Å². The minimum atomic E-state index is -0.344. The molecular weight excluding hydrogens is 359 g/mol. The van der Waals surface area contributed by atoms with E-state index in [-0.39, 0.29) is 17.4 Å². The van der Waals surface area contributed by atoms with E-state index < -0.39 is 0 Å². The Labute approximate surface area is 160 Å². The lowest BCUT2D eigenvalue weighted by molar-refractivity contribution is 0.102. The first-order valence-electron chi connectivity index (χ1n) is 8.62. The average Bonchev–Trinajstić information content (AvgIpc) is 3.14. The van der Waals surface area contributed by atoms with E-state index in [1.807, 2.05) is 13.0 Å². The number of carbonyl (C=O) groups is 1. The van der Waals surface area contributed by atoms with Gasteiger partial charge < -0.3 is 10.1 Å². The highest BCUT2D eigenvalue weighted by Gasteiger charge is 2.15. The van der Waals surface area contributed by atoms with Gasteiger partial charge in [-0.05, 0) is 61.0 Å². The SMILES string of the molecule is COc1ccc(NC(=O)c2cc3nccc(-c4ccc(F)cc4)n3n2)c(C)c1. The maximum Gasteiger partial charge on any atom is 0.276 e. The molecular formula is C21H17FN4O2. The van der Waals surface area contributed by atoms with Crippen molar-refractivity contribution >= 4 is 17.2 Å². The Kier molecular flexibility index (Phi) is 4.49. The summed E-state index contributed by atoms with van der Waals surface area (Å²) in [5.41, 5.74) is 3.80. The number of anilines is 1. The predicted octanol–water partition coefficient (Wildman–Crippen LogP) is 4.10. The van der Waals surface area contributed by atoms with Crippen molar-refractivity contribution in [1.82, 2.24) is 14.6 Å². The van der Waals surface area contributed by atoms with Crippen molar-refractivity contribution in [3.63, 3.8) is 0 Å². The number of benzene rings is 2. The van der Waals surface area contributed by atoms with Crippen molar-refractivity contribution in [2.24, 2.45) is 0 Å². The number of amides is 1. The average molecular weight is 376 g/mol. The van der Waals surface area contributed by atoms with Crippen molar-refractivity contribution in [3.8, 4) is 17.0 Å². The fourth-order valence-electron chi connectivity index (χ4n) is 2.94. The molecule has 0 aliphatic rings. The fourth-order valence-corrected chi connectivity index (χ4v) is 2.94. The minimum absolute atomic E-state index is 0.234. The van der Waals surface area contributed by atoms with E-state index in [1.54, 1.807) is 54.2 Å². The first-order chi connectivity index (χ1) is 13.5. The molecule has 0 aliphatic carbocycles. The van der Waals surface area contributed by atoms with Gasteiger partial charge in [0.15, 0.2) is 11.3 Å². The number of nitrogens with zero attached hydrogens (tertiary/aromatic N) is 3. The topological polar surface area (TPSA) is 68.5 Å². The molecule has 0 unspecified atom stereocenters. The lowest BCUT2D eigenvalue weighted by Crippen LogP contribution is -2.13. The second-order valence-electron chi connectivity index (χ2n) is 6.27. The molecule has 1 amide bonds. The van der Waals surface area contributed by atoms with E-state index in [2.05, 4.69) is 15.4 Å². The van der Waals surface area contributed by atoms with Gasteiger partial charge >= 0.3 is 0 Å². The monoisotopic (exact) mass is 376 g/mol. The molecule has 0 fully saturated rings. The summed E-state index contributed by atoms with van der Waals surface area (Å²) < 4.78 is 20.0. The van der Waals surface area contributed by atoms with Crippen LogP contribution in [0.2, 0.25) is 0 Å². The second-order valence-corrected chi connectivity index (χ2v) is 6.27. The molecule has 6 nitrogen and oxygen atoms in total. The lowest BCUT2D eigenvalue weighted by Gasteiger charge is -2.08. The highest BCUT2D eigenvalue weighted by Crippen LogP contribution is 2.23. The third kappa shape index (κ3) is 3.29. The van der Waals surface area contributed by atoms with Crippen LogP contribution >= 0.6 is 0 Å². The van der Waals surface area contributed by atoms with Gasteiger partial charge in [-0.15, -0.1) is 0 Å². The Balaban J connectivity index is 1.67. The predicted molar refractivity (Wildman–Crippen MR) is 104 cm³/mol. The molecule has 2 aromatic heterocycles. The number of hydrogen-bond acceptors (Lipinski definition) is 4. The van der Waals surface area contributed by atoms with Gasteiger partial charge in [0.2, 0.25) is 0 Å². The Morgan fingerprint density at radius 1 is 1.11 bits per heavy atom. The van der Waals surface area contributed by atoms with Crippen LogP contribution in [-0.2, 0) is 0 Å². The normalized spacial score (nSPS) is 10.8. The molecule has 0 saturated carbocycles. The van der Waals surface area contributed by atoms with Crippen LogP contribution in [0.25, 0.3) is 16.9 Å². The highest BCUT2D eigenvalue weighted by atomic mass is 19.1. The number of aromatic nitrogens is 3. The van der Waals surface area contributed by atoms with Crippen LogP contribution in [0, 0.1) is 12.7 Å². The standard InChI is InChI=1S/C21H17FN4O2/c1-13-11-16(28-2)7-8-17(13)24-21(27)18-12-20-23-10-9-19(26(20)25-18)14-3-5-15(22)6-4-14/h3-12H,1-2H3,(H,24,27). The van der Waals surface area contributed by atoms with Crippen LogP contribution in [0.4, 0.5) is 10.1 Å². The Morgan fingerprint density at radius 2 is 1.89 bits per heavy atom. The Bertz CT molecular complexity index is 1170. The zero-order valence-electron chi connectivity index (χ0n) is 15.3. The summed E-state index contributed by atoms with van der Waals surface area (Å²) in [5, 5.41) is 7.25. The molecule has 0 aliphatic heterocycles. The number of fused-ring (bicyclic) bond motifs is 1. The fraction of sp³-hybridized carbons (Fsp3) is 0.0952. The maximum absolute atomic E-state index is 13.2. The molecule has 2 heterocycles. The third-order valence-electron chi connectivity index (χ3n) is 4.41. The Morgan fingerprint density at radius 3 is 2.61 bits per heavy atom. The van der Waals surface area contributed by atoms with Gasteiger partial charge in [-0.2, -0.15) is 5.10 Å². The van der Waals surface area contributed by atoms with Gasteiger partial charge in [0.25, 0.3) is 5.91 Å². The molecule has 0 atom stereocenters. The summed E-state index contributed by atoms with van der Waals surface area (Å²) in [6.07, 6.45) is 1.63. The largest absolute Gasteiger partial charge is 0.497 e. The van der Waals surface area contributed by atoms with Crippen LogP contribution in [0.15, 0.2) is 60.8 Å². The van der Waals surface area contributed by atoms with Crippen LogP contribution in [0.5, 0.6) is 5.75 Å². The summed E-state index contributed by atoms with van der Waals surface area (Å²) in [6, 6.07) is 14.9. The first-order valence-corrected chi connectivity index (χ1v) is 8.62. The molecule has 0 radical (unpaired) electrons. The van der Waals surface area contributed by atoms with Gasteiger partial charge in [-0.3, -0.25) is 4.79 Å². The van der Waals surface area contributed by atoms with Crippen molar-refractivity contribution in [3.05, 3.63) is 77.9 Å². The molecule has 2 aromatic carbocycles. The molecule has 0 bridgehead atoms. The molecule has 28 heavy (non-hydrogen) atoms. The smallest absolute Gasteiger partial charge is 0.276 e. The molecule has 1 N–H and O–H groups in total. The summed E-state index contributed by atoms with van der Waals surface area (Å²) in [7, 11) is 1.59. The van der Waals surface area contributed by atoms with E-state index in [0.717, 1.165) is 16.9 Å². The molecule has 4 aromatic rings. The summed E-state index contributed by atoms with van der Waals surface area (Å²) in [6.45, 7) is 1.88. The summed E-state index contributed by atoms with van der Waals surface area (Å²) in [5.74, 6) is 0.0598. The number of hydrogen-bond donors (Lipinski definition) is 1. The van der Waals surface area contributed by atoms with E-state index >= 15 is 0 Å². The van der Waals surface area contributed by atoms with Crippen LogP contribution < -0.4 is 10.1 Å². The molecule has 140 valence electrons. The Hall–Kier alpha value is -3.74. The lowest BCUT2D eigenvalue weighted by atomic mass is 10.1. The summed E-state index contributed by atoms with van der Waals surface area (Å²) in [4.78, 5) is 17.0. The van der Waals surface area contributed by atoms with Crippen molar-refractivity contribution in [2.75, 3.05) is 12.4 Å². The van der Waals surface area contributed by atoms with Gasteiger partial charge in [-0.1, -0.05) is 0 Å². The quantitative estimate of drug-likeness (QED) is 0.582. The number of nitrogens with one attached hydrogen (secondary N) is 1. The second kappa shape index (κ2) is 7.11. The number of aryl methyl sites for hydroxylation is 1. The third-order valence-corrected chi connectivity index (χ3v) is 4.41. The zero-order valence-corrected chi connectivity index (χ0v) is 15.3. The number of carbonyl (C=O) groups excluding carboxylic acids is 1. The number of methoxy groups -OCH3 is 1. The van der Waals surface area contributed by atoms with Crippen molar-refractivity contribution in [1.29, 1.82) is 0 Å². The summed E-state index contributed by atoms with van der Waals surface area (Å²) >= 11 is 0.